The van der Waals surface area contributed by atoms with Crippen LogP contribution in [0, 0.1) is 18.8 Å². The quantitative estimate of drug-likeness (QED) is 0.254. The van der Waals surface area contributed by atoms with E-state index in [4.69, 9.17) is 24.1 Å². The van der Waals surface area contributed by atoms with E-state index in [1.165, 1.54) is 13.8 Å². The van der Waals surface area contributed by atoms with Crippen LogP contribution in [0.1, 0.15) is 73.9 Å². The van der Waals surface area contributed by atoms with Gasteiger partial charge in [0.05, 0.1) is 49.8 Å². The number of hydrogen-bond acceptors (Lipinski definition) is 8. The highest BCUT2D eigenvalue weighted by molar-refractivity contribution is 9.10. The van der Waals surface area contributed by atoms with E-state index < -0.39 is 23.8 Å². The second kappa shape index (κ2) is 14.6. The highest BCUT2D eigenvalue weighted by Gasteiger charge is 2.37. The van der Waals surface area contributed by atoms with E-state index in [-0.39, 0.29) is 30.7 Å². The van der Waals surface area contributed by atoms with Crippen molar-refractivity contribution in [3.63, 3.8) is 0 Å². The second-order valence-corrected chi connectivity index (χ2v) is 12.6. The van der Waals surface area contributed by atoms with E-state index in [1.807, 2.05) is 26.0 Å². The van der Waals surface area contributed by atoms with Gasteiger partial charge in [0, 0.05) is 44.5 Å². The van der Waals surface area contributed by atoms with Crippen LogP contribution in [0.25, 0.3) is 0 Å². The Bertz CT molecular complexity index is 1530. The molecule has 2 aliphatic rings. The maximum atomic E-state index is 13.0. The molecule has 2 N–H and O–H groups in total. The first kappa shape index (κ1) is 34.9. The molecule has 2 aliphatic heterocycles. The number of carbonyl (C=O) groups excluding carboxylic acids is 2. The molecule has 0 spiro atoms. The van der Waals surface area contributed by atoms with Gasteiger partial charge < -0.3 is 39.0 Å². The zero-order valence-corrected chi connectivity index (χ0v) is 28.6. The number of nitrogens with zero attached hydrogens (tertiary/aromatic N) is 2. The number of rotatable bonds is 14. The number of aliphatic carboxylic acids is 2. The molecule has 0 aliphatic carbocycles. The lowest BCUT2D eigenvalue weighted by Crippen LogP contribution is -2.30. The molecule has 0 fully saturated rings. The van der Waals surface area contributed by atoms with Crippen molar-refractivity contribution in [2.24, 2.45) is 11.8 Å². The van der Waals surface area contributed by atoms with E-state index in [9.17, 15) is 24.3 Å². The normalized spacial score (nSPS) is 16.4. The van der Waals surface area contributed by atoms with Crippen molar-refractivity contribution in [1.82, 2.24) is 9.80 Å². The molecule has 0 saturated heterocycles. The van der Waals surface area contributed by atoms with Crippen molar-refractivity contribution in [3.8, 4) is 23.0 Å². The molecule has 3 unspecified atom stereocenters. The zero-order chi connectivity index (χ0) is 33.9. The molecule has 250 valence electrons. The molecular weight excluding hydrogens is 664 g/mol. The number of carboxylic acids is 2. The lowest BCUT2D eigenvalue weighted by molar-refractivity contribution is -0.146. The number of carbonyl (C=O) groups is 4. The number of methoxy groups -OCH3 is 2. The Morgan fingerprint density at radius 1 is 0.870 bits per heavy atom. The summed E-state index contributed by atoms with van der Waals surface area (Å²) in [7, 11) is 3.11. The van der Waals surface area contributed by atoms with Crippen molar-refractivity contribution in [3.05, 3.63) is 44.4 Å². The van der Waals surface area contributed by atoms with Gasteiger partial charge in [0.25, 0.3) is 0 Å². The first-order valence-corrected chi connectivity index (χ1v) is 15.9. The SMILES string of the molecule is COc1cc2c(cc1OCCCOc1c(Br)c3c(c(C)c1OC)CN(C(=O)CC(C)C(=O)O)C3C)CN(C(=O)CC(C)C(=O)O)C2. The molecule has 4 rings (SSSR count). The third-order valence-electron chi connectivity index (χ3n) is 8.66. The molecule has 0 radical (unpaired) electrons. The summed E-state index contributed by atoms with van der Waals surface area (Å²) >= 11 is 3.70. The largest absolute Gasteiger partial charge is 0.493 e. The summed E-state index contributed by atoms with van der Waals surface area (Å²) in [5.41, 5.74) is 4.56. The fourth-order valence-electron chi connectivity index (χ4n) is 5.86. The summed E-state index contributed by atoms with van der Waals surface area (Å²) in [6.45, 7) is 8.61. The van der Waals surface area contributed by atoms with Gasteiger partial charge in [-0.1, -0.05) is 13.8 Å². The Morgan fingerprint density at radius 2 is 1.43 bits per heavy atom. The molecule has 0 bridgehead atoms. The number of benzene rings is 2. The highest BCUT2D eigenvalue weighted by Crippen LogP contribution is 2.50. The average molecular weight is 706 g/mol. The van der Waals surface area contributed by atoms with Crippen LogP contribution in [0.15, 0.2) is 16.6 Å². The standard InChI is InChI=1S/C33H41BrN2O10/c1-17(32(39)40)10-26(37)35-14-21-12-24(43-5)25(13-22(21)15-35)45-8-7-9-46-31-29(34)28-20(4)36(27(38)11-18(2)33(41)42)16-23(28)19(3)30(31)44-6/h12-13,17-18,20H,7-11,14-16H2,1-6H3,(H,39,40)(H,41,42). The van der Waals surface area contributed by atoms with Gasteiger partial charge >= 0.3 is 11.9 Å². The van der Waals surface area contributed by atoms with Gasteiger partial charge in [0.15, 0.2) is 23.0 Å². The van der Waals surface area contributed by atoms with Gasteiger partial charge in [-0.25, -0.2) is 0 Å². The maximum Gasteiger partial charge on any atom is 0.306 e. The van der Waals surface area contributed by atoms with Crippen LogP contribution in [0.3, 0.4) is 0 Å². The van der Waals surface area contributed by atoms with Gasteiger partial charge in [-0.15, -0.1) is 0 Å². The zero-order valence-electron chi connectivity index (χ0n) is 27.0. The van der Waals surface area contributed by atoms with Crippen LogP contribution < -0.4 is 18.9 Å². The Labute approximate surface area is 276 Å². The summed E-state index contributed by atoms with van der Waals surface area (Å²) in [5, 5.41) is 18.4. The van der Waals surface area contributed by atoms with Gasteiger partial charge in [0.1, 0.15) is 0 Å². The van der Waals surface area contributed by atoms with E-state index in [2.05, 4.69) is 15.9 Å². The van der Waals surface area contributed by atoms with Crippen molar-refractivity contribution in [1.29, 1.82) is 0 Å². The molecule has 3 atom stereocenters. The summed E-state index contributed by atoms with van der Waals surface area (Å²) in [6.07, 6.45) is 0.384. The first-order valence-electron chi connectivity index (χ1n) is 15.2. The average Bonchev–Trinajstić information content (AvgIpc) is 3.59. The molecule has 12 nitrogen and oxygen atoms in total. The Morgan fingerprint density at radius 3 is 2.00 bits per heavy atom. The van der Waals surface area contributed by atoms with E-state index in [1.54, 1.807) is 24.0 Å². The first-order chi connectivity index (χ1) is 21.8. The Hall–Kier alpha value is -4.00. The van der Waals surface area contributed by atoms with Crippen LogP contribution in [0.4, 0.5) is 0 Å². The van der Waals surface area contributed by atoms with Crippen molar-refractivity contribution in [2.75, 3.05) is 27.4 Å². The van der Waals surface area contributed by atoms with Crippen LogP contribution in [-0.2, 0) is 38.8 Å². The minimum Gasteiger partial charge on any atom is -0.493 e. The minimum absolute atomic E-state index is 0.0597. The molecule has 0 saturated carbocycles. The fourth-order valence-corrected chi connectivity index (χ4v) is 6.72. The fraction of sp³-hybridized carbons (Fsp3) is 0.515. The molecule has 13 heteroatoms. The summed E-state index contributed by atoms with van der Waals surface area (Å²) in [6, 6.07) is 3.42. The smallest absolute Gasteiger partial charge is 0.306 e. The van der Waals surface area contributed by atoms with Crippen molar-refractivity contribution in [2.45, 2.75) is 72.6 Å². The van der Waals surface area contributed by atoms with E-state index in [0.29, 0.717) is 66.7 Å². The lowest BCUT2D eigenvalue weighted by atomic mass is 9.99. The summed E-state index contributed by atoms with van der Waals surface area (Å²) in [5.74, 6) is -1.81. The minimum atomic E-state index is -1.01. The van der Waals surface area contributed by atoms with Gasteiger partial charge in [0.2, 0.25) is 11.8 Å². The number of ether oxygens (including phenoxy) is 4. The van der Waals surface area contributed by atoms with Crippen LogP contribution in [-0.4, -0.2) is 71.2 Å². The van der Waals surface area contributed by atoms with Gasteiger partial charge in [-0.3, -0.25) is 19.2 Å². The molecule has 2 aromatic rings. The number of carboxylic acid groups (broad SMARTS) is 2. The van der Waals surface area contributed by atoms with Crippen LogP contribution in [0.5, 0.6) is 23.0 Å². The highest BCUT2D eigenvalue weighted by atomic mass is 79.9. The molecule has 0 aromatic heterocycles. The number of amides is 2. The maximum absolute atomic E-state index is 13.0. The third-order valence-corrected chi connectivity index (χ3v) is 9.44. The van der Waals surface area contributed by atoms with E-state index >= 15 is 0 Å². The number of hydrogen-bond donors (Lipinski definition) is 2. The Balaban J connectivity index is 1.39. The van der Waals surface area contributed by atoms with E-state index in [0.717, 1.165) is 27.8 Å². The summed E-state index contributed by atoms with van der Waals surface area (Å²) < 4.78 is 24.2. The second-order valence-electron chi connectivity index (χ2n) is 11.9. The van der Waals surface area contributed by atoms with Gasteiger partial charge in [-0.2, -0.15) is 0 Å². The van der Waals surface area contributed by atoms with Gasteiger partial charge in [-0.05, 0) is 64.2 Å². The predicted octanol–water partition coefficient (Wildman–Crippen LogP) is 5.09. The molecule has 46 heavy (non-hydrogen) atoms. The number of fused-ring (bicyclic) bond motifs is 2. The monoisotopic (exact) mass is 704 g/mol. The van der Waals surface area contributed by atoms with Crippen molar-refractivity contribution < 1.29 is 48.3 Å². The molecule has 2 aromatic carbocycles. The third kappa shape index (κ3) is 7.19. The predicted molar refractivity (Wildman–Crippen MR) is 170 cm³/mol. The van der Waals surface area contributed by atoms with Crippen LogP contribution in [0.2, 0.25) is 0 Å². The van der Waals surface area contributed by atoms with Crippen molar-refractivity contribution >= 4 is 39.7 Å². The molecular formula is C33H41BrN2O10. The molecule has 2 heterocycles. The lowest BCUT2D eigenvalue weighted by Gasteiger charge is -2.23. The Kier molecular flexibility index (Phi) is 11.1. The summed E-state index contributed by atoms with van der Waals surface area (Å²) in [4.78, 5) is 51.5. The number of halogens is 1. The van der Waals surface area contributed by atoms with Crippen LogP contribution >= 0.6 is 15.9 Å². The topological polar surface area (TPSA) is 152 Å². The molecule has 2 amide bonds.